The van der Waals surface area contributed by atoms with E-state index >= 15 is 0 Å². The standard InChI is InChI=1S/C25H39NO5/c1-13(2)6-19-23-16(5)15(4)9-18-8-14(3)7-17(12-27)10-20(28)21(29)11-22(30)25(18,23)24(31)26-19/h8-9,13,16-21,23,27-29H,6-7,10-12H2,1-5H3,(H,26,31). The van der Waals surface area contributed by atoms with Gasteiger partial charge in [0.1, 0.15) is 5.41 Å². The van der Waals surface area contributed by atoms with Crippen molar-refractivity contribution in [2.45, 2.75) is 78.6 Å². The van der Waals surface area contributed by atoms with Crippen LogP contribution in [0.3, 0.4) is 0 Å². The number of carbonyl (C=O) groups excluding carboxylic acids is 2. The Labute approximate surface area is 185 Å². The highest BCUT2D eigenvalue weighted by Crippen LogP contribution is 2.55. The molecular formula is C25H39NO5. The molecular weight excluding hydrogens is 394 g/mol. The first kappa shape index (κ1) is 24.1. The van der Waals surface area contributed by atoms with Crippen LogP contribution in [-0.2, 0) is 9.59 Å². The lowest BCUT2D eigenvalue weighted by Gasteiger charge is -2.45. The van der Waals surface area contributed by atoms with Crippen LogP contribution in [0.25, 0.3) is 0 Å². The number of aliphatic hydroxyl groups excluding tert-OH is 3. The van der Waals surface area contributed by atoms with Gasteiger partial charge in [-0.15, -0.1) is 0 Å². The second-order valence-corrected chi connectivity index (χ2v) is 10.6. The van der Waals surface area contributed by atoms with Gasteiger partial charge in [0.05, 0.1) is 12.2 Å². The maximum absolute atomic E-state index is 13.8. The molecule has 6 heteroatoms. The van der Waals surface area contributed by atoms with E-state index in [1.807, 2.05) is 13.0 Å². The van der Waals surface area contributed by atoms with Crippen molar-refractivity contribution >= 4 is 11.7 Å². The first-order valence-corrected chi connectivity index (χ1v) is 11.7. The van der Waals surface area contributed by atoms with Crippen molar-refractivity contribution in [2.75, 3.05) is 6.61 Å². The van der Waals surface area contributed by atoms with Gasteiger partial charge in [-0.05, 0) is 50.9 Å². The van der Waals surface area contributed by atoms with Crippen LogP contribution in [0.2, 0.25) is 0 Å². The molecule has 1 spiro atoms. The SMILES string of the molecule is CC1=CC2C=C(C)C(C)C3C(CC(C)C)NC(=O)C23C(=O)CC(O)C(O)CC(CO)C1. The van der Waals surface area contributed by atoms with E-state index in [-0.39, 0.29) is 54.9 Å². The summed E-state index contributed by atoms with van der Waals surface area (Å²) in [5, 5.41) is 34.1. The van der Waals surface area contributed by atoms with Crippen LogP contribution in [0.15, 0.2) is 23.3 Å². The zero-order chi connectivity index (χ0) is 23.1. The van der Waals surface area contributed by atoms with Crippen LogP contribution in [-0.4, -0.2) is 51.9 Å². The van der Waals surface area contributed by atoms with Gasteiger partial charge in [0.15, 0.2) is 5.78 Å². The lowest BCUT2D eigenvalue weighted by Crippen LogP contribution is -2.53. The van der Waals surface area contributed by atoms with Gasteiger partial charge in [-0.2, -0.15) is 0 Å². The predicted octanol–water partition coefficient (Wildman–Crippen LogP) is 2.38. The Bertz CT molecular complexity index is 772. The van der Waals surface area contributed by atoms with Crippen molar-refractivity contribution in [1.82, 2.24) is 5.32 Å². The van der Waals surface area contributed by atoms with E-state index in [0.717, 1.165) is 12.0 Å². The third-order valence-corrected chi connectivity index (χ3v) is 7.81. The van der Waals surface area contributed by atoms with Crippen molar-refractivity contribution in [1.29, 1.82) is 0 Å². The number of Topliss-reactive ketones (excluding diaryl/α,β-unsaturated/α-hetero) is 1. The summed E-state index contributed by atoms with van der Waals surface area (Å²) in [5.41, 5.74) is 0.874. The molecule has 1 heterocycles. The van der Waals surface area contributed by atoms with Crippen LogP contribution in [0, 0.1) is 35.0 Å². The molecule has 4 N–H and O–H groups in total. The Morgan fingerprint density at radius 2 is 1.81 bits per heavy atom. The van der Waals surface area contributed by atoms with E-state index in [1.165, 1.54) is 5.57 Å². The summed E-state index contributed by atoms with van der Waals surface area (Å²) in [6.45, 7) is 10.2. The average Bonchev–Trinajstić information content (AvgIpc) is 2.96. The Morgan fingerprint density at radius 1 is 1.13 bits per heavy atom. The Balaban J connectivity index is 2.18. The topological polar surface area (TPSA) is 107 Å². The molecule has 0 bridgehead atoms. The molecule has 2 aliphatic carbocycles. The quantitative estimate of drug-likeness (QED) is 0.404. The summed E-state index contributed by atoms with van der Waals surface area (Å²) < 4.78 is 0. The van der Waals surface area contributed by atoms with Crippen molar-refractivity contribution in [3.8, 4) is 0 Å². The van der Waals surface area contributed by atoms with E-state index in [9.17, 15) is 24.9 Å². The molecule has 0 radical (unpaired) electrons. The van der Waals surface area contributed by atoms with Gasteiger partial charge in [0.2, 0.25) is 5.91 Å². The molecule has 31 heavy (non-hydrogen) atoms. The number of carbonyl (C=O) groups is 2. The van der Waals surface area contributed by atoms with E-state index in [0.29, 0.717) is 12.3 Å². The molecule has 1 saturated heterocycles. The van der Waals surface area contributed by atoms with Crippen LogP contribution in [0.5, 0.6) is 0 Å². The average molecular weight is 434 g/mol. The molecule has 0 aromatic carbocycles. The van der Waals surface area contributed by atoms with Gasteiger partial charge in [-0.25, -0.2) is 0 Å². The summed E-state index contributed by atoms with van der Waals surface area (Å²) in [5.74, 6) is -0.941. The molecule has 0 saturated carbocycles. The molecule has 1 amide bonds. The second kappa shape index (κ2) is 9.16. The van der Waals surface area contributed by atoms with E-state index < -0.39 is 23.5 Å². The molecule has 8 unspecified atom stereocenters. The lowest BCUT2D eigenvalue weighted by molar-refractivity contribution is -0.147. The van der Waals surface area contributed by atoms with Gasteiger partial charge in [-0.3, -0.25) is 9.59 Å². The highest BCUT2D eigenvalue weighted by Gasteiger charge is 2.65. The van der Waals surface area contributed by atoms with E-state index in [1.54, 1.807) is 0 Å². The zero-order valence-corrected chi connectivity index (χ0v) is 19.5. The number of allylic oxidation sites excluding steroid dienone is 4. The first-order valence-electron chi connectivity index (χ1n) is 11.7. The first-order chi connectivity index (χ1) is 14.5. The minimum absolute atomic E-state index is 0.0500. The minimum Gasteiger partial charge on any atom is -0.396 e. The van der Waals surface area contributed by atoms with Crippen molar-refractivity contribution in [3.05, 3.63) is 23.3 Å². The van der Waals surface area contributed by atoms with E-state index in [4.69, 9.17) is 0 Å². The number of hydrogen-bond donors (Lipinski definition) is 4. The maximum Gasteiger partial charge on any atom is 0.235 e. The number of rotatable bonds is 3. The molecule has 174 valence electrons. The highest BCUT2D eigenvalue weighted by molar-refractivity contribution is 6.09. The molecule has 1 fully saturated rings. The van der Waals surface area contributed by atoms with E-state index in [2.05, 4.69) is 39.1 Å². The molecule has 3 aliphatic rings. The molecule has 3 rings (SSSR count). The Kier molecular flexibility index (Phi) is 7.14. The summed E-state index contributed by atoms with van der Waals surface area (Å²) in [6, 6.07) is -0.108. The third-order valence-electron chi connectivity index (χ3n) is 7.81. The van der Waals surface area contributed by atoms with Crippen molar-refractivity contribution < 1.29 is 24.9 Å². The van der Waals surface area contributed by atoms with Crippen LogP contribution >= 0.6 is 0 Å². The summed E-state index contributed by atoms with van der Waals surface area (Å²) >= 11 is 0. The third kappa shape index (κ3) is 4.27. The van der Waals surface area contributed by atoms with Crippen LogP contribution in [0.4, 0.5) is 0 Å². The van der Waals surface area contributed by atoms with Crippen molar-refractivity contribution in [2.24, 2.45) is 35.0 Å². The molecule has 0 aromatic heterocycles. The highest BCUT2D eigenvalue weighted by atomic mass is 16.3. The largest absolute Gasteiger partial charge is 0.396 e. The van der Waals surface area contributed by atoms with Crippen molar-refractivity contribution in [3.63, 3.8) is 0 Å². The fourth-order valence-corrected chi connectivity index (χ4v) is 6.25. The molecule has 8 atom stereocenters. The fraction of sp³-hybridized carbons (Fsp3) is 0.760. The Hall–Kier alpha value is -1.50. The Morgan fingerprint density at radius 3 is 2.42 bits per heavy atom. The second-order valence-electron chi connectivity index (χ2n) is 10.6. The molecule has 0 aromatic rings. The number of hydrogen-bond acceptors (Lipinski definition) is 5. The van der Waals surface area contributed by atoms with Gasteiger partial charge in [0, 0.05) is 30.9 Å². The molecule has 6 nitrogen and oxygen atoms in total. The lowest BCUT2D eigenvalue weighted by atomic mass is 9.54. The number of ketones is 1. The fourth-order valence-electron chi connectivity index (χ4n) is 6.25. The number of amides is 1. The van der Waals surface area contributed by atoms with Gasteiger partial charge < -0.3 is 20.6 Å². The summed E-state index contributed by atoms with van der Waals surface area (Å²) in [7, 11) is 0. The smallest absolute Gasteiger partial charge is 0.235 e. The minimum atomic E-state index is -1.28. The summed E-state index contributed by atoms with van der Waals surface area (Å²) in [4.78, 5) is 27.5. The van der Waals surface area contributed by atoms with Gasteiger partial charge in [0.25, 0.3) is 0 Å². The predicted molar refractivity (Wildman–Crippen MR) is 119 cm³/mol. The maximum atomic E-state index is 13.8. The number of aliphatic hydroxyl groups is 3. The molecule has 1 aliphatic heterocycles. The summed E-state index contributed by atoms with van der Waals surface area (Å²) in [6.07, 6.45) is 2.98. The van der Waals surface area contributed by atoms with Crippen LogP contribution < -0.4 is 5.32 Å². The normalized spacial score (nSPS) is 41.6. The zero-order valence-electron chi connectivity index (χ0n) is 19.5. The van der Waals surface area contributed by atoms with Gasteiger partial charge >= 0.3 is 0 Å². The number of nitrogens with one attached hydrogen (secondary N) is 1. The van der Waals surface area contributed by atoms with Crippen LogP contribution in [0.1, 0.15) is 60.3 Å². The monoisotopic (exact) mass is 433 g/mol. The van der Waals surface area contributed by atoms with Gasteiger partial charge in [-0.1, -0.05) is 44.1 Å².